The molecule has 26 heavy (non-hydrogen) atoms. The molecule has 2 aromatic carbocycles. The number of benzene rings is 2. The molecule has 0 radical (unpaired) electrons. The lowest BCUT2D eigenvalue weighted by Crippen LogP contribution is -2.59. The summed E-state index contributed by atoms with van der Waals surface area (Å²) in [4.78, 5) is 15.1. The Morgan fingerprint density at radius 2 is 1.96 bits per heavy atom. The van der Waals surface area contributed by atoms with Crippen molar-refractivity contribution in [3.05, 3.63) is 65.7 Å². The Morgan fingerprint density at radius 3 is 2.73 bits per heavy atom. The second kappa shape index (κ2) is 6.79. The topological polar surface area (TPSA) is 40.5 Å². The summed E-state index contributed by atoms with van der Waals surface area (Å²) < 4.78 is 0. The number of hydrogen-bond donors (Lipinski definition) is 1. The van der Waals surface area contributed by atoms with Crippen LogP contribution < -0.4 is 0 Å². The molecule has 1 saturated heterocycles. The third-order valence-corrected chi connectivity index (χ3v) is 6.71. The molecule has 2 aromatic rings. The molecule has 3 atom stereocenters. The van der Waals surface area contributed by atoms with Crippen molar-refractivity contribution in [3.8, 4) is 5.75 Å². The number of aromatic hydroxyl groups is 1. The number of fused-ring (bicyclic) bond motifs is 2. The zero-order chi connectivity index (χ0) is 18.1. The third kappa shape index (κ3) is 2.90. The fraction of sp³-hybridized carbons (Fsp3) is 0.435. The SMILES string of the molecule is C[C@H]1[C@@H]2CCC[C@@]1(c1cccc(O)c1)CCN2C(=O)Cc1ccccc1. The second-order valence-corrected chi connectivity index (χ2v) is 7.95. The predicted octanol–water partition coefficient (Wildman–Crippen LogP) is 4.29. The maximum atomic E-state index is 13.0. The normalized spacial score (nSPS) is 28.0. The zero-order valence-corrected chi connectivity index (χ0v) is 15.4. The van der Waals surface area contributed by atoms with Gasteiger partial charge in [0.2, 0.25) is 5.91 Å². The van der Waals surface area contributed by atoms with Crippen molar-refractivity contribution in [2.45, 2.75) is 50.5 Å². The van der Waals surface area contributed by atoms with Gasteiger partial charge < -0.3 is 10.0 Å². The summed E-state index contributed by atoms with van der Waals surface area (Å²) in [5.41, 5.74) is 2.42. The average Bonchev–Trinajstić information content (AvgIpc) is 2.63. The van der Waals surface area contributed by atoms with Crippen LogP contribution in [0.2, 0.25) is 0 Å². The van der Waals surface area contributed by atoms with Gasteiger partial charge in [0.05, 0.1) is 6.42 Å². The standard InChI is InChI=1S/C23H27NO2/c1-17-21-11-6-12-23(17,19-9-5-10-20(25)16-19)13-14-24(21)22(26)15-18-7-3-2-4-8-18/h2-5,7-10,16-17,21,25H,6,11-15H2,1H3/t17-,21-,23+/m0/s1. The van der Waals surface area contributed by atoms with Crippen molar-refractivity contribution < 1.29 is 9.90 Å². The quantitative estimate of drug-likeness (QED) is 0.898. The van der Waals surface area contributed by atoms with E-state index in [2.05, 4.69) is 17.9 Å². The Morgan fingerprint density at radius 1 is 1.15 bits per heavy atom. The highest BCUT2D eigenvalue weighted by molar-refractivity contribution is 5.79. The van der Waals surface area contributed by atoms with E-state index in [1.54, 1.807) is 6.07 Å². The van der Waals surface area contributed by atoms with Gasteiger partial charge in [0.25, 0.3) is 0 Å². The third-order valence-electron chi connectivity index (χ3n) is 6.71. The first-order valence-corrected chi connectivity index (χ1v) is 9.73. The Balaban J connectivity index is 1.57. The lowest BCUT2D eigenvalue weighted by Gasteiger charge is -2.55. The van der Waals surface area contributed by atoms with Crippen LogP contribution in [0.3, 0.4) is 0 Å². The summed E-state index contributed by atoms with van der Waals surface area (Å²) in [7, 11) is 0. The van der Waals surface area contributed by atoms with E-state index in [4.69, 9.17) is 0 Å². The van der Waals surface area contributed by atoms with Gasteiger partial charge in [0, 0.05) is 18.0 Å². The van der Waals surface area contributed by atoms with E-state index >= 15 is 0 Å². The fourth-order valence-electron chi connectivity index (χ4n) is 5.29. The number of carbonyl (C=O) groups is 1. The van der Waals surface area contributed by atoms with Gasteiger partial charge >= 0.3 is 0 Å². The molecular formula is C23H27NO2. The molecule has 2 aliphatic rings. The van der Waals surface area contributed by atoms with Crippen molar-refractivity contribution >= 4 is 5.91 Å². The van der Waals surface area contributed by atoms with Crippen molar-refractivity contribution in [3.63, 3.8) is 0 Å². The molecule has 1 aliphatic heterocycles. The number of amides is 1. The molecule has 1 aliphatic carbocycles. The average molecular weight is 349 g/mol. The Kier molecular flexibility index (Phi) is 4.47. The molecular weight excluding hydrogens is 322 g/mol. The van der Waals surface area contributed by atoms with E-state index in [0.29, 0.717) is 24.1 Å². The number of hydrogen-bond acceptors (Lipinski definition) is 2. The molecule has 1 heterocycles. The highest BCUT2D eigenvalue weighted by Crippen LogP contribution is 2.51. The van der Waals surface area contributed by atoms with E-state index in [-0.39, 0.29) is 11.3 Å². The number of likely N-dealkylation sites (tertiary alicyclic amines) is 1. The van der Waals surface area contributed by atoms with Crippen LogP contribution in [0.5, 0.6) is 5.75 Å². The molecule has 3 nitrogen and oxygen atoms in total. The van der Waals surface area contributed by atoms with Crippen LogP contribution in [0.15, 0.2) is 54.6 Å². The van der Waals surface area contributed by atoms with E-state index in [0.717, 1.165) is 37.8 Å². The van der Waals surface area contributed by atoms with Gasteiger partial charge in [-0.2, -0.15) is 0 Å². The van der Waals surface area contributed by atoms with Gasteiger partial charge in [-0.3, -0.25) is 4.79 Å². The number of phenolic OH excluding ortho intramolecular Hbond substituents is 1. The molecule has 3 heteroatoms. The van der Waals surface area contributed by atoms with Crippen molar-refractivity contribution in [2.24, 2.45) is 5.92 Å². The van der Waals surface area contributed by atoms with Crippen molar-refractivity contribution in [1.29, 1.82) is 0 Å². The lowest BCUT2D eigenvalue weighted by atomic mass is 9.57. The molecule has 0 aromatic heterocycles. The van der Waals surface area contributed by atoms with Crippen LogP contribution in [0.25, 0.3) is 0 Å². The minimum absolute atomic E-state index is 0.0885. The maximum absolute atomic E-state index is 13.0. The van der Waals surface area contributed by atoms with E-state index in [1.807, 2.05) is 42.5 Å². The van der Waals surface area contributed by atoms with Gasteiger partial charge in [0.1, 0.15) is 5.75 Å². The molecule has 0 unspecified atom stereocenters. The van der Waals surface area contributed by atoms with Crippen LogP contribution in [0, 0.1) is 5.92 Å². The van der Waals surface area contributed by atoms with Gasteiger partial charge in [-0.1, -0.05) is 55.8 Å². The monoisotopic (exact) mass is 349 g/mol. The molecule has 136 valence electrons. The summed E-state index contributed by atoms with van der Waals surface area (Å²) in [6.45, 7) is 3.12. The molecule has 0 spiro atoms. The second-order valence-electron chi connectivity index (χ2n) is 7.95. The summed E-state index contributed by atoms with van der Waals surface area (Å²) in [5, 5.41) is 9.96. The molecule has 1 N–H and O–H groups in total. The van der Waals surface area contributed by atoms with Crippen molar-refractivity contribution in [2.75, 3.05) is 6.54 Å². The van der Waals surface area contributed by atoms with Crippen LogP contribution in [0.1, 0.15) is 43.7 Å². The zero-order valence-electron chi connectivity index (χ0n) is 15.4. The van der Waals surface area contributed by atoms with Gasteiger partial charge in [-0.05, 0) is 48.4 Å². The number of rotatable bonds is 3. The molecule has 1 amide bonds. The first-order chi connectivity index (χ1) is 12.6. The largest absolute Gasteiger partial charge is 0.508 e. The molecule has 2 bridgehead atoms. The highest BCUT2D eigenvalue weighted by Gasteiger charge is 2.50. The Labute approximate surface area is 155 Å². The highest BCUT2D eigenvalue weighted by atomic mass is 16.3. The van der Waals surface area contributed by atoms with E-state index in [1.165, 1.54) is 5.56 Å². The molecule has 1 saturated carbocycles. The number of nitrogens with zero attached hydrogens (tertiary/aromatic N) is 1. The number of phenols is 1. The van der Waals surface area contributed by atoms with Gasteiger partial charge in [-0.15, -0.1) is 0 Å². The van der Waals surface area contributed by atoms with Crippen LogP contribution >= 0.6 is 0 Å². The Bertz CT molecular complexity index is 788. The Hall–Kier alpha value is -2.29. The van der Waals surface area contributed by atoms with Crippen LogP contribution in [-0.4, -0.2) is 28.5 Å². The summed E-state index contributed by atoms with van der Waals surface area (Å²) in [6, 6.07) is 18.1. The number of piperidine rings is 1. The smallest absolute Gasteiger partial charge is 0.227 e. The lowest BCUT2D eigenvalue weighted by molar-refractivity contribution is -0.139. The fourth-order valence-corrected chi connectivity index (χ4v) is 5.29. The van der Waals surface area contributed by atoms with Crippen LogP contribution in [0.4, 0.5) is 0 Å². The number of carbonyl (C=O) groups excluding carboxylic acids is 1. The van der Waals surface area contributed by atoms with E-state index < -0.39 is 0 Å². The van der Waals surface area contributed by atoms with Crippen LogP contribution in [-0.2, 0) is 16.6 Å². The summed E-state index contributed by atoms with van der Waals surface area (Å²) in [5.74, 6) is 1.000. The predicted molar refractivity (Wildman–Crippen MR) is 103 cm³/mol. The minimum Gasteiger partial charge on any atom is -0.508 e. The first-order valence-electron chi connectivity index (χ1n) is 9.73. The van der Waals surface area contributed by atoms with Gasteiger partial charge in [0.15, 0.2) is 0 Å². The van der Waals surface area contributed by atoms with Gasteiger partial charge in [-0.25, -0.2) is 0 Å². The minimum atomic E-state index is 0.0885. The first kappa shape index (κ1) is 17.1. The maximum Gasteiger partial charge on any atom is 0.227 e. The summed E-state index contributed by atoms with van der Waals surface area (Å²) >= 11 is 0. The van der Waals surface area contributed by atoms with Crippen molar-refractivity contribution in [1.82, 2.24) is 4.90 Å². The summed E-state index contributed by atoms with van der Waals surface area (Å²) in [6.07, 6.45) is 4.84. The molecule has 2 fully saturated rings. The molecule has 4 rings (SSSR count). The van der Waals surface area contributed by atoms with E-state index in [9.17, 15) is 9.90 Å².